The summed E-state index contributed by atoms with van der Waals surface area (Å²) in [5, 5.41) is 18.0. The van der Waals surface area contributed by atoms with Crippen LogP contribution in [-0.4, -0.2) is 40.7 Å². The number of nitrogens with one attached hydrogen (secondary N) is 2. The molecule has 2 N–H and O–H groups in total. The van der Waals surface area contributed by atoms with Crippen LogP contribution in [0.5, 0.6) is 0 Å². The maximum absolute atomic E-state index is 12.9. The molecule has 8 nitrogen and oxygen atoms in total. The van der Waals surface area contributed by atoms with Crippen LogP contribution in [0.1, 0.15) is 37.2 Å². The molecule has 0 bridgehead atoms. The number of amides is 1. The van der Waals surface area contributed by atoms with Crippen molar-refractivity contribution >= 4 is 34.3 Å². The van der Waals surface area contributed by atoms with Crippen LogP contribution in [-0.2, 0) is 11.8 Å². The molecule has 160 valence electrons. The summed E-state index contributed by atoms with van der Waals surface area (Å²) in [6, 6.07) is 8.58. The van der Waals surface area contributed by atoms with Crippen LogP contribution < -0.4 is 5.32 Å². The van der Waals surface area contributed by atoms with Crippen molar-refractivity contribution in [2.24, 2.45) is 7.05 Å². The van der Waals surface area contributed by atoms with E-state index in [0.717, 1.165) is 57.4 Å². The van der Waals surface area contributed by atoms with Gasteiger partial charge in [0.05, 0.1) is 22.3 Å². The van der Waals surface area contributed by atoms with E-state index in [1.54, 1.807) is 4.68 Å². The van der Waals surface area contributed by atoms with E-state index in [1.807, 2.05) is 46.1 Å². The van der Waals surface area contributed by atoms with Gasteiger partial charge in [-0.05, 0) is 39.7 Å². The van der Waals surface area contributed by atoms with Crippen LogP contribution in [0.3, 0.4) is 0 Å². The van der Waals surface area contributed by atoms with E-state index < -0.39 is 0 Å². The molecule has 0 radical (unpaired) electrons. The van der Waals surface area contributed by atoms with Gasteiger partial charge >= 0.3 is 0 Å². The normalized spacial score (nSPS) is 14.8. The number of thioether (sulfide) groups is 1. The third kappa shape index (κ3) is 3.52. The van der Waals surface area contributed by atoms with Gasteiger partial charge < -0.3 is 10.3 Å². The predicted octanol–water partition coefficient (Wildman–Crippen LogP) is 4.23. The molecular weight excluding hydrogens is 410 g/mol. The average molecular weight is 436 g/mol. The van der Waals surface area contributed by atoms with E-state index in [2.05, 4.69) is 42.3 Å². The maximum atomic E-state index is 12.9. The van der Waals surface area contributed by atoms with Crippen molar-refractivity contribution in [3.63, 3.8) is 0 Å². The number of aromatic amines is 1. The monoisotopic (exact) mass is 435 g/mol. The lowest BCUT2D eigenvalue weighted by Gasteiger charge is -2.13. The first-order valence-electron chi connectivity index (χ1n) is 10.4. The van der Waals surface area contributed by atoms with Gasteiger partial charge in [0.15, 0.2) is 11.0 Å². The summed E-state index contributed by atoms with van der Waals surface area (Å²) in [7, 11) is 1.88. The number of rotatable bonds is 6. The van der Waals surface area contributed by atoms with Crippen molar-refractivity contribution in [2.75, 3.05) is 5.32 Å². The quantitative estimate of drug-likeness (QED) is 0.442. The minimum atomic E-state index is -0.323. The smallest absolute Gasteiger partial charge is 0.237 e. The van der Waals surface area contributed by atoms with Crippen molar-refractivity contribution < 1.29 is 4.79 Å². The number of hydrogen-bond donors (Lipinski definition) is 2. The molecule has 1 fully saturated rings. The van der Waals surface area contributed by atoms with E-state index in [4.69, 9.17) is 0 Å². The summed E-state index contributed by atoms with van der Waals surface area (Å²) < 4.78 is 3.98. The number of fused-ring (bicyclic) bond motifs is 1. The summed E-state index contributed by atoms with van der Waals surface area (Å²) in [6.45, 7) is 5.75. The van der Waals surface area contributed by atoms with Crippen molar-refractivity contribution in [2.45, 2.75) is 50.1 Å². The summed E-state index contributed by atoms with van der Waals surface area (Å²) in [4.78, 5) is 16.2. The molecule has 0 saturated heterocycles. The third-order valence-electron chi connectivity index (χ3n) is 5.82. The van der Waals surface area contributed by atoms with Gasteiger partial charge in [-0.25, -0.2) is 0 Å². The predicted molar refractivity (Wildman–Crippen MR) is 122 cm³/mol. The van der Waals surface area contributed by atoms with Crippen LogP contribution in [0.15, 0.2) is 35.6 Å². The van der Waals surface area contributed by atoms with Gasteiger partial charge in [-0.2, -0.15) is 5.10 Å². The Morgan fingerprint density at radius 3 is 2.74 bits per heavy atom. The van der Waals surface area contributed by atoms with Crippen molar-refractivity contribution in [1.29, 1.82) is 0 Å². The highest BCUT2D eigenvalue weighted by atomic mass is 32.2. The van der Waals surface area contributed by atoms with Gasteiger partial charge in [0, 0.05) is 35.8 Å². The molecule has 0 spiro atoms. The number of benzene rings is 1. The van der Waals surface area contributed by atoms with Gasteiger partial charge in [0.1, 0.15) is 0 Å². The Labute approximate surface area is 184 Å². The second kappa shape index (κ2) is 7.56. The first-order valence-corrected chi connectivity index (χ1v) is 11.3. The van der Waals surface area contributed by atoms with Gasteiger partial charge in [-0.15, -0.1) is 10.2 Å². The third-order valence-corrected chi connectivity index (χ3v) is 6.87. The van der Waals surface area contributed by atoms with Crippen molar-refractivity contribution in [3.05, 3.63) is 41.9 Å². The Bertz CT molecular complexity index is 1280. The topological polar surface area (TPSA) is 93.4 Å². The first-order chi connectivity index (χ1) is 14.9. The Hall–Kier alpha value is -3.07. The highest BCUT2D eigenvalue weighted by Gasteiger charge is 2.32. The highest BCUT2D eigenvalue weighted by molar-refractivity contribution is 8.00. The fourth-order valence-electron chi connectivity index (χ4n) is 3.85. The number of nitrogens with zero attached hydrogens (tertiary/aromatic N) is 5. The molecule has 1 aliphatic carbocycles. The highest BCUT2D eigenvalue weighted by Crippen LogP contribution is 2.42. The number of anilines is 1. The lowest BCUT2D eigenvalue weighted by molar-refractivity contribution is -0.115. The molecule has 31 heavy (non-hydrogen) atoms. The second-order valence-electron chi connectivity index (χ2n) is 8.07. The molecule has 9 heteroatoms. The number of aryl methyl sites for hydroxylation is 2. The molecule has 3 heterocycles. The number of carbonyl (C=O) groups is 1. The molecule has 1 saturated carbocycles. The second-order valence-corrected chi connectivity index (χ2v) is 9.38. The minimum Gasteiger partial charge on any atom is -0.360 e. The molecule has 5 rings (SSSR count). The SMILES string of the molecule is Cc1nn(C)c(C)c1NC(=O)[C@H](C)Sc1nnc(-c2c[nH]c3ccccc23)n1C1CC1. The van der Waals surface area contributed by atoms with Gasteiger partial charge in [-0.3, -0.25) is 14.0 Å². The van der Waals surface area contributed by atoms with Gasteiger partial charge in [0.25, 0.3) is 0 Å². The minimum absolute atomic E-state index is 0.0665. The Morgan fingerprint density at radius 1 is 1.26 bits per heavy atom. The molecule has 3 aromatic heterocycles. The molecule has 4 aromatic rings. The van der Waals surface area contributed by atoms with E-state index in [0.29, 0.717) is 6.04 Å². The van der Waals surface area contributed by atoms with Crippen LogP contribution in [0.4, 0.5) is 5.69 Å². The fraction of sp³-hybridized carbons (Fsp3) is 0.364. The number of hydrogen-bond acceptors (Lipinski definition) is 5. The standard InChI is InChI=1S/C22H25N7OS/c1-12-19(13(2)28(4)27-12)24-21(30)14(3)31-22-26-25-20(29(22)15-9-10-15)17-11-23-18-8-6-5-7-16(17)18/h5-8,11,14-15,23H,9-10H2,1-4H3,(H,24,30)/t14-/m0/s1. The van der Waals surface area contributed by atoms with Crippen molar-refractivity contribution in [1.82, 2.24) is 29.5 Å². The zero-order valence-electron chi connectivity index (χ0n) is 18.0. The number of carbonyl (C=O) groups excluding carboxylic acids is 1. The summed E-state index contributed by atoms with van der Waals surface area (Å²) >= 11 is 1.45. The molecule has 1 aliphatic rings. The molecule has 0 aliphatic heterocycles. The summed E-state index contributed by atoms with van der Waals surface area (Å²) in [5.41, 5.74) is 4.65. The Balaban J connectivity index is 1.41. The molecule has 1 atom stereocenters. The zero-order valence-corrected chi connectivity index (χ0v) is 18.8. The maximum Gasteiger partial charge on any atom is 0.237 e. The average Bonchev–Trinajstić information content (AvgIpc) is 3.30. The fourth-order valence-corrected chi connectivity index (χ4v) is 4.77. The lowest BCUT2D eigenvalue weighted by atomic mass is 10.1. The zero-order chi connectivity index (χ0) is 21.7. The lowest BCUT2D eigenvalue weighted by Crippen LogP contribution is -2.23. The largest absolute Gasteiger partial charge is 0.360 e. The van der Waals surface area contributed by atoms with E-state index >= 15 is 0 Å². The summed E-state index contributed by atoms with van der Waals surface area (Å²) in [6.07, 6.45) is 4.21. The Kier molecular flexibility index (Phi) is 4.85. The van der Waals surface area contributed by atoms with Crippen LogP contribution >= 0.6 is 11.8 Å². The molecular formula is C22H25N7OS. The van der Waals surface area contributed by atoms with Gasteiger partial charge in [-0.1, -0.05) is 30.0 Å². The van der Waals surface area contributed by atoms with Crippen LogP contribution in [0.25, 0.3) is 22.3 Å². The molecule has 1 aromatic carbocycles. The number of H-pyrrole nitrogens is 1. The van der Waals surface area contributed by atoms with Crippen LogP contribution in [0.2, 0.25) is 0 Å². The first kappa shape index (κ1) is 19.9. The number of para-hydroxylation sites is 1. The molecule has 1 amide bonds. The van der Waals surface area contributed by atoms with E-state index in [-0.39, 0.29) is 11.2 Å². The van der Waals surface area contributed by atoms with E-state index in [9.17, 15) is 4.79 Å². The van der Waals surface area contributed by atoms with Crippen LogP contribution in [0, 0.1) is 13.8 Å². The van der Waals surface area contributed by atoms with Gasteiger partial charge in [0.2, 0.25) is 5.91 Å². The summed E-state index contributed by atoms with van der Waals surface area (Å²) in [5.74, 6) is 0.789. The number of aromatic nitrogens is 6. The van der Waals surface area contributed by atoms with E-state index in [1.165, 1.54) is 11.8 Å². The molecule has 0 unspecified atom stereocenters. The Morgan fingerprint density at radius 2 is 2.03 bits per heavy atom. The van der Waals surface area contributed by atoms with Crippen molar-refractivity contribution in [3.8, 4) is 11.4 Å².